The predicted octanol–water partition coefficient (Wildman–Crippen LogP) is 1.59. The average Bonchev–Trinajstić information content (AvgIpc) is 2.95. The van der Waals surface area contributed by atoms with Gasteiger partial charge in [-0.2, -0.15) is 0 Å². The van der Waals surface area contributed by atoms with E-state index in [-0.39, 0.29) is 0 Å². The van der Waals surface area contributed by atoms with Crippen molar-refractivity contribution in [2.75, 3.05) is 39.8 Å². The number of likely N-dealkylation sites (tertiary alicyclic amines) is 1. The van der Waals surface area contributed by atoms with Crippen LogP contribution in [-0.2, 0) is 4.74 Å². The zero-order valence-corrected chi connectivity index (χ0v) is 14.5. The number of hydrogen-bond acceptors (Lipinski definition) is 3. The van der Waals surface area contributed by atoms with Crippen LogP contribution in [0.1, 0.15) is 44.9 Å². The molecule has 1 spiro atoms. The molecule has 5 nitrogen and oxygen atoms in total. The van der Waals surface area contributed by atoms with Crippen LogP contribution in [0.25, 0.3) is 0 Å². The van der Waals surface area contributed by atoms with Gasteiger partial charge in [-0.3, -0.25) is 4.99 Å². The maximum absolute atomic E-state index is 6.01. The van der Waals surface area contributed by atoms with Gasteiger partial charge in [-0.1, -0.05) is 12.8 Å². The highest BCUT2D eigenvalue weighted by atomic mass is 16.5. The summed E-state index contributed by atoms with van der Waals surface area (Å²) in [5, 5.41) is 7.28. The molecule has 23 heavy (non-hydrogen) atoms. The number of rotatable bonds is 4. The predicted molar refractivity (Wildman–Crippen MR) is 92.7 cm³/mol. The SMILES string of the molecule is CN=C(NCCN1CCCCC1)NC1C2CCOC2C12CCC2. The van der Waals surface area contributed by atoms with E-state index >= 15 is 0 Å². The fourth-order valence-corrected chi connectivity index (χ4v) is 5.31. The van der Waals surface area contributed by atoms with Gasteiger partial charge < -0.3 is 20.3 Å². The first kappa shape index (κ1) is 15.7. The molecule has 5 heteroatoms. The summed E-state index contributed by atoms with van der Waals surface area (Å²) >= 11 is 0. The highest BCUT2D eigenvalue weighted by molar-refractivity contribution is 5.80. The molecular formula is C18H32N4O. The second-order valence-corrected chi connectivity index (χ2v) is 7.85. The van der Waals surface area contributed by atoms with Crippen molar-refractivity contribution in [1.82, 2.24) is 15.5 Å². The Bertz CT molecular complexity index is 442. The zero-order chi connectivity index (χ0) is 15.7. The monoisotopic (exact) mass is 320 g/mol. The Balaban J connectivity index is 1.27. The number of nitrogens with zero attached hydrogens (tertiary/aromatic N) is 2. The Hall–Kier alpha value is -0.810. The van der Waals surface area contributed by atoms with Crippen LogP contribution in [0, 0.1) is 11.3 Å². The van der Waals surface area contributed by atoms with Crippen LogP contribution in [0.5, 0.6) is 0 Å². The van der Waals surface area contributed by atoms with E-state index in [0.717, 1.165) is 25.7 Å². The van der Waals surface area contributed by atoms with Gasteiger partial charge in [-0.25, -0.2) is 0 Å². The minimum atomic E-state index is 0.422. The zero-order valence-electron chi connectivity index (χ0n) is 14.5. The molecule has 0 amide bonds. The van der Waals surface area contributed by atoms with E-state index in [4.69, 9.17) is 4.74 Å². The summed E-state index contributed by atoms with van der Waals surface area (Å²) < 4.78 is 6.01. The topological polar surface area (TPSA) is 48.9 Å². The third kappa shape index (κ3) is 2.76. The van der Waals surface area contributed by atoms with Crippen molar-refractivity contribution >= 4 is 5.96 Å². The summed E-state index contributed by atoms with van der Waals surface area (Å²) in [6.45, 7) is 5.60. The molecule has 0 aromatic heterocycles. The van der Waals surface area contributed by atoms with E-state index in [1.165, 1.54) is 58.0 Å². The average molecular weight is 320 g/mol. The number of piperidine rings is 1. The summed E-state index contributed by atoms with van der Waals surface area (Å²) in [4.78, 5) is 7.04. The van der Waals surface area contributed by atoms with Crippen molar-refractivity contribution < 1.29 is 4.74 Å². The Kier molecular flexibility index (Phi) is 4.50. The molecule has 4 rings (SSSR count). The number of nitrogens with one attached hydrogen (secondary N) is 2. The van der Waals surface area contributed by atoms with Gasteiger partial charge in [0, 0.05) is 44.1 Å². The highest BCUT2D eigenvalue weighted by Crippen LogP contribution is 2.62. The van der Waals surface area contributed by atoms with Crippen LogP contribution in [0.15, 0.2) is 4.99 Å². The Morgan fingerprint density at radius 1 is 1.22 bits per heavy atom. The molecule has 2 aliphatic carbocycles. The van der Waals surface area contributed by atoms with E-state index in [0.29, 0.717) is 23.5 Å². The van der Waals surface area contributed by atoms with Crippen LogP contribution in [0.3, 0.4) is 0 Å². The smallest absolute Gasteiger partial charge is 0.191 e. The highest BCUT2D eigenvalue weighted by Gasteiger charge is 2.66. The number of hydrogen-bond donors (Lipinski definition) is 2. The lowest BCUT2D eigenvalue weighted by Crippen LogP contribution is -2.72. The third-order valence-electron chi connectivity index (χ3n) is 6.72. The van der Waals surface area contributed by atoms with E-state index in [1.54, 1.807) is 0 Å². The number of fused-ring (bicyclic) bond motifs is 2. The van der Waals surface area contributed by atoms with Crippen LogP contribution >= 0.6 is 0 Å². The normalized spacial score (nSPS) is 36.2. The molecule has 0 radical (unpaired) electrons. The van der Waals surface area contributed by atoms with Crippen LogP contribution in [0.2, 0.25) is 0 Å². The minimum absolute atomic E-state index is 0.422. The number of aliphatic imine (C=N–C) groups is 1. The molecule has 2 saturated carbocycles. The lowest BCUT2D eigenvalue weighted by atomic mass is 9.46. The third-order valence-corrected chi connectivity index (χ3v) is 6.72. The van der Waals surface area contributed by atoms with Gasteiger partial charge in [0.25, 0.3) is 0 Å². The summed E-state index contributed by atoms with van der Waals surface area (Å²) in [6.07, 6.45) is 9.90. The molecule has 4 fully saturated rings. The standard InChI is InChI=1S/C18H32N4O/c1-19-17(20-9-12-22-10-3-2-4-11-22)21-15-14-6-13-23-16(14)18(15)7-5-8-18/h14-16H,2-13H2,1H3,(H2,19,20,21). The second kappa shape index (κ2) is 6.60. The second-order valence-electron chi connectivity index (χ2n) is 7.85. The van der Waals surface area contributed by atoms with E-state index in [9.17, 15) is 0 Å². The first-order chi connectivity index (χ1) is 11.3. The lowest BCUT2D eigenvalue weighted by Gasteiger charge is -2.63. The van der Waals surface area contributed by atoms with E-state index in [2.05, 4.69) is 20.5 Å². The Morgan fingerprint density at radius 3 is 2.74 bits per heavy atom. The molecular weight excluding hydrogens is 288 g/mol. The maximum atomic E-state index is 6.01. The van der Waals surface area contributed by atoms with Gasteiger partial charge in [0.15, 0.2) is 5.96 Å². The first-order valence-corrected chi connectivity index (χ1v) is 9.65. The Morgan fingerprint density at radius 2 is 2.04 bits per heavy atom. The number of ether oxygens (including phenoxy) is 1. The summed E-state index contributed by atoms with van der Waals surface area (Å²) in [7, 11) is 1.89. The van der Waals surface area contributed by atoms with Crippen molar-refractivity contribution in [2.24, 2.45) is 16.3 Å². The number of guanidine groups is 1. The fraction of sp³-hybridized carbons (Fsp3) is 0.944. The van der Waals surface area contributed by atoms with Gasteiger partial charge in [0.2, 0.25) is 0 Å². The molecule has 2 aliphatic heterocycles. The van der Waals surface area contributed by atoms with Gasteiger partial charge in [0.1, 0.15) is 0 Å². The van der Waals surface area contributed by atoms with Crippen molar-refractivity contribution in [3.8, 4) is 0 Å². The van der Waals surface area contributed by atoms with Crippen LogP contribution < -0.4 is 10.6 Å². The summed E-state index contributed by atoms with van der Waals surface area (Å²) in [6, 6.07) is 0.574. The van der Waals surface area contributed by atoms with Gasteiger partial charge >= 0.3 is 0 Å². The van der Waals surface area contributed by atoms with Crippen LogP contribution in [-0.4, -0.2) is 62.8 Å². The van der Waals surface area contributed by atoms with Gasteiger partial charge in [-0.15, -0.1) is 0 Å². The van der Waals surface area contributed by atoms with Crippen molar-refractivity contribution in [1.29, 1.82) is 0 Å². The van der Waals surface area contributed by atoms with E-state index < -0.39 is 0 Å². The van der Waals surface area contributed by atoms with Gasteiger partial charge in [0.05, 0.1) is 6.10 Å². The summed E-state index contributed by atoms with van der Waals surface area (Å²) in [5.41, 5.74) is 0.422. The molecule has 2 N–H and O–H groups in total. The molecule has 0 aromatic rings. The largest absolute Gasteiger partial charge is 0.377 e. The van der Waals surface area contributed by atoms with Crippen molar-refractivity contribution in [2.45, 2.75) is 57.1 Å². The molecule has 3 unspecified atom stereocenters. The molecule has 3 atom stereocenters. The first-order valence-electron chi connectivity index (χ1n) is 9.65. The van der Waals surface area contributed by atoms with Crippen LogP contribution in [0.4, 0.5) is 0 Å². The summed E-state index contributed by atoms with van der Waals surface area (Å²) in [5.74, 6) is 1.69. The van der Waals surface area contributed by atoms with Crippen molar-refractivity contribution in [3.63, 3.8) is 0 Å². The molecule has 2 saturated heterocycles. The molecule has 0 bridgehead atoms. The minimum Gasteiger partial charge on any atom is -0.377 e. The quantitative estimate of drug-likeness (QED) is 0.610. The lowest BCUT2D eigenvalue weighted by molar-refractivity contribution is -0.171. The van der Waals surface area contributed by atoms with E-state index in [1.807, 2.05) is 7.05 Å². The van der Waals surface area contributed by atoms with Crippen molar-refractivity contribution in [3.05, 3.63) is 0 Å². The molecule has 0 aromatic carbocycles. The Labute approximate surface area is 140 Å². The molecule has 4 aliphatic rings. The maximum Gasteiger partial charge on any atom is 0.191 e. The molecule has 2 heterocycles. The fourth-order valence-electron chi connectivity index (χ4n) is 5.31. The molecule has 130 valence electrons. The van der Waals surface area contributed by atoms with Gasteiger partial charge in [-0.05, 0) is 45.2 Å².